The van der Waals surface area contributed by atoms with E-state index in [1.807, 2.05) is 0 Å². The Hall–Kier alpha value is -3.44. The quantitative estimate of drug-likeness (QED) is 0.440. The molecule has 9 nitrogen and oxygen atoms in total. The van der Waals surface area contributed by atoms with Gasteiger partial charge in [0.25, 0.3) is 0 Å². The molecule has 0 saturated heterocycles. The lowest BCUT2D eigenvalue weighted by molar-refractivity contribution is 0.0270. The van der Waals surface area contributed by atoms with E-state index in [9.17, 15) is 19.0 Å². The maximum absolute atomic E-state index is 14.7. The molecule has 1 aliphatic carbocycles. The van der Waals surface area contributed by atoms with Gasteiger partial charge in [-0.15, -0.1) is 5.10 Å². The summed E-state index contributed by atoms with van der Waals surface area (Å²) < 4.78 is 37.2. The molecule has 0 spiro atoms. The topological polar surface area (TPSA) is 111 Å². The Morgan fingerprint density at radius 2 is 2.00 bits per heavy atom. The van der Waals surface area contributed by atoms with Gasteiger partial charge in [0.05, 0.1) is 47.4 Å². The number of aliphatic hydroxyl groups is 2. The van der Waals surface area contributed by atoms with Gasteiger partial charge in [0.2, 0.25) is 0 Å². The summed E-state index contributed by atoms with van der Waals surface area (Å²) in [6.45, 7) is 2.78. The van der Waals surface area contributed by atoms with Crippen LogP contribution in [-0.2, 0) is 0 Å². The van der Waals surface area contributed by atoms with E-state index in [1.54, 1.807) is 23.1 Å². The lowest BCUT2D eigenvalue weighted by Crippen LogP contribution is -2.28. The van der Waals surface area contributed by atoms with Gasteiger partial charge < -0.3 is 14.9 Å². The van der Waals surface area contributed by atoms with Crippen molar-refractivity contribution in [1.82, 2.24) is 29.4 Å². The van der Waals surface area contributed by atoms with Crippen molar-refractivity contribution in [2.24, 2.45) is 0 Å². The average Bonchev–Trinajstić information content (AvgIpc) is 3.29. The number of nitrogens with zero attached hydrogens (tertiary/aromatic N) is 6. The van der Waals surface area contributed by atoms with E-state index in [4.69, 9.17) is 4.74 Å². The van der Waals surface area contributed by atoms with Gasteiger partial charge in [0.15, 0.2) is 17.4 Å². The van der Waals surface area contributed by atoms with Crippen molar-refractivity contribution in [2.75, 3.05) is 6.61 Å². The third-order valence-electron chi connectivity index (χ3n) is 5.37. The fourth-order valence-electron chi connectivity index (χ4n) is 3.59. The van der Waals surface area contributed by atoms with Crippen LogP contribution in [0.1, 0.15) is 55.8 Å². The Labute approximate surface area is 187 Å². The second-order valence-electron chi connectivity index (χ2n) is 8.82. The normalized spacial score (nSPS) is 15.2. The maximum atomic E-state index is 14.7. The van der Waals surface area contributed by atoms with Crippen LogP contribution in [0.4, 0.5) is 8.78 Å². The van der Waals surface area contributed by atoms with Gasteiger partial charge in [-0.3, -0.25) is 9.38 Å². The van der Waals surface area contributed by atoms with Crippen LogP contribution in [-0.4, -0.2) is 51.8 Å². The number of aromatic nitrogens is 6. The first kappa shape index (κ1) is 21.4. The molecule has 1 fully saturated rings. The van der Waals surface area contributed by atoms with Crippen molar-refractivity contribution >= 4 is 5.52 Å². The molecule has 1 unspecified atom stereocenters. The van der Waals surface area contributed by atoms with E-state index in [0.717, 1.165) is 40.9 Å². The van der Waals surface area contributed by atoms with Gasteiger partial charge in [-0.05, 0) is 26.7 Å². The number of rotatable bonds is 7. The van der Waals surface area contributed by atoms with Crippen molar-refractivity contribution in [2.45, 2.75) is 44.3 Å². The monoisotopic (exact) mass is 456 g/mol. The number of halogens is 2. The van der Waals surface area contributed by atoms with E-state index >= 15 is 0 Å². The Morgan fingerprint density at radius 3 is 2.73 bits per heavy atom. The Bertz CT molecular complexity index is 1330. The first-order valence-electron chi connectivity index (χ1n) is 10.5. The molecule has 4 aromatic rings. The zero-order chi connectivity index (χ0) is 23.3. The minimum absolute atomic E-state index is 0.155. The summed E-state index contributed by atoms with van der Waals surface area (Å²) in [4.78, 5) is 8.63. The van der Waals surface area contributed by atoms with E-state index < -0.39 is 23.3 Å². The predicted molar refractivity (Wildman–Crippen MR) is 112 cm³/mol. The van der Waals surface area contributed by atoms with Gasteiger partial charge in [0.1, 0.15) is 24.1 Å². The van der Waals surface area contributed by atoms with Crippen LogP contribution in [0.3, 0.4) is 0 Å². The summed E-state index contributed by atoms with van der Waals surface area (Å²) in [5.41, 5.74) is 0.757. The number of hydrogen-bond acceptors (Lipinski definition) is 7. The number of ether oxygens (including phenoxy) is 1. The molecule has 1 aliphatic rings. The predicted octanol–water partition coefficient (Wildman–Crippen LogP) is 2.70. The van der Waals surface area contributed by atoms with Crippen LogP contribution in [0.2, 0.25) is 0 Å². The number of aliphatic hydroxyl groups excluding tert-OH is 1. The SMILES string of the molecule is CC(C)(O)COc1cc(F)c(-n2cc(C(O)c3c(C4CC4)ncc4cncn34)nn2)cc1F. The van der Waals surface area contributed by atoms with Gasteiger partial charge in [0, 0.05) is 18.1 Å². The fraction of sp³-hybridized carbons (Fsp3) is 0.364. The van der Waals surface area contributed by atoms with Gasteiger partial charge in [-0.25, -0.2) is 18.4 Å². The highest BCUT2D eigenvalue weighted by atomic mass is 19.1. The van der Waals surface area contributed by atoms with Crippen molar-refractivity contribution in [3.63, 3.8) is 0 Å². The molecule has 172 valence electrons. The van der Waals surface area contributed by atoms with E-state index in [1.165, 1.54) is 20.0 Å². The lowest BCUT2D eigenvalue weighted by atomic mass is 10.1. The standard InChI is InChI=1S/C22H22F2N6O3/c1-22(2,32)10-33-18-6-14(23)17(5-15(18)24)30-9-16(27-28-30)21(31)20-19(12-3-4-12)26-8-13-7-25-11-29(13)20/h5-9,11-12,21,31-32H,3-4,10H2,1-2H3. The highest BCUT2D eigenvalue weighted by molar-refractivity contribution is 5.47. The molecule has 3 aromatic heterocycles. The average molecular weight is 456 g/mol. The molecule has 3 heterocycles. The molecule has 0 aliphatic heterocycles. The number of hydrogen-bond donors (Lipinski definition) is 2. The fourth-order valence-corrected chi connectivity index (χ4v) is 3.59. The molecule has 0 amide bonds. The maximum Gasteiger partial charge on any atom is 0.167 e. The second kappa shape index (κ2) is 7.85. The molecular weight excluding hydrogens is 434 g/mol. The van der Waals surface area contributed by atoms with Crippen molar-refractivity contribution in [3.8, 4) is 11.4 Å². The van der Waals surface area contributed by atoms with E-state index in [0.29, 0.717) is 5.69 Å². The van der Waals surface area contributed by atoms with Crippen molar-refractivity contribution in [1.29, 1.82) is 0 Å². The number of fused-ring (bicyclic) bond motifs is 1. The van der Waals surface area contributed by atoms with Crippen LogP contribution in [0.15, 0.2) is 37.1 Å². The van der Waals surface area contributed by atoms with Crippen LogP contribution < -0.4 is 4.74 Å². The van der Waals surface area contributed by atoms with Crippen molar-refractivity contribution in [3.05, 3.63) is 65.8 Å². The van der Waals surface area contributed by atoms with Gasteiger partial charge in [-0.2, -0.15) is 0 Å². The minimum Gasteiger partial charge on any atom is -0.487 e. The zero-order valence-electron chi connectivity index (χ0n) is 18.0. The van der Waals surface area contributed by atoms with E-state index in [2.05, 4.69) is 20.3 Å². The Balaban J connectivity index is 1.47. The molecule has 2 N–H and O–H groups in total. The molecule has 1 aromatic carbocycles. The van der Waals surface area contributed by atoms with Gasteiger partial charge >= 0.3 is 0 Å². The molecule has 1 saturated carbocycles. The summed E-state index contributed by atoms with van der Waals surface area (Å²) >= 11 is 0. The molecule has 0 bridgehead atoms. The van der Waals surface area contributed by atoms with Crippen LogP contribution in [0.25, 0.3) is 11.2 Å². The van der Waals surface area contributed by atoms with Crippen LogP contribution in [0, 0.1) is 11.6 Å². The Kier molecular flexibility index (Phi) is 5.09. The van der Waals surface area contributed by atoms with Crippen LogP contribution >= 0.6 is 0 Å². The molecule has 5 rings (SSSR count). The smallest absolute Gasteiger partial charge is 0.167 e. The molecule has 0 radical (unpaired) electrons. The third-order valence-corrected chi connectivity index (χ3v) is 5.37. The highest BCUT2D eigenvalue weighted by Crippen LogP contribution is 2.42. The second-order valence-corrected chi connectivity index (χ2v) is 8.82. The summed E-state index contributed by atoms with van der Waals surface area (Å²) in [7, 11) is 0. The molecule has 11 heteroatoms. The highest BCUT2D eigenvalue weighted by Gasteiger charge is 2.32. The molecular formula is C22H22F2N6O3. The number of benzene rings is 1. The molecule has 1 atom stereocenters. The third kappa shape index (κ3) is 4.16. The molecule has 33 heavy (non-hydrogen) atoms. The Morgan fingerprint density at radius 1 is 1.21 bits per heavy atom. The first-order chi connectivity index (χ1) is 15.7. The minimum atomic E-state index is -1.20. The lowest BCUT2D eigenvalue weighted by Gasteiger charge is -2.18. The largest absolute Gasteiger partial charge is 0.487 e. The van der Waals surface area contributed by atoms with E-state index in [-0.39, 0.29) is 29.7 Å². The first-order valence-corrected chi connectivity index (χ1v) is 10.5. The summed E-state index contributed by atoms with van der Waals surface area (Å²) in [6.07, 6.45) is 7.03. The summed E-state index contributed by atoms with van der Waals surface area (Å²) in [6, 6.07) is 1.81. The zero-order valence-corrected chi connectivity index (χ0v) is 18.0. The number of imidazole rings is 1. The van der Waals surface area contributed by atoms with Crippen molar-refractivity contribution < 1.29 is 23.7 Å². The van der Waals surface area contributed by atoms with Crippen LogP contribution in [0.5, 0.6) is 5.75 Å². The summed E-state index contributed by atoms with van der Waals surface area (Å²) in [5.74, 6) is -1.70. The summed E-state index contributed by atoms with van der Waals surface area (Å²) in [5, 5.41) is 28.7. The van der Waals surface area contributed by atoms with Gasteiger partial charge in [-0.1, -0.05) is 5.21 Å².